The van der Waals surface area contributed by atoms with E-state index in [9.17, 15) is 4.79 Å². The lowest BCUT2D eigenvalue weighted by molar-refractivity contribution is -0.122. The Kier molecular flexibility index (Phi) is 3.50. The molecule has 1 saturated carbocycles. The van der Waals surface area contributed by atoms with Gasteiger partial charge in [-0.05, 0) is 43.4 Å². The van der Waals surface area contributed by atoms with E-state index in [0.29, 0.717) is 5.92 Å². The Morgan fingerprint density at radius 2 is 2.30 bits per heavy atom. The molecule has 3 rings (SSSR count). The Morgan fingerprint density at radius 3 is 2.95 bits per heavy atom. The number of rotatable bonds is 5. The Bertz CT molecular complexity index is 590. The van der Waals surface area contributed by atoms with Gasteiger partial charge in [0.2, 0.25) is 5.91 Å². The van der Waals surface area contributed by atoms with Gasteiger partial charge in [0.05, 0.1) is 11.7 Å². The number of hydrogen-bond donors (Lipinski definition) is 1. The predicted molar refractivity (Wildman–Crippen MR) is 74.8 cm³/mol. The number of nitrogens with zero attached hydrogens (tertiary/aromatic N) is 3. The summed E-state index contributed by atoms with van der Waals surface area (Å²) >= 11 is 0. The number of nitrogens with one attached hydrogen (secondary N) is 1. The van der Waals surface area contributed by atoms with Crippen LogP contribution in [-0.2, 0) is 11.3 Å². The summed E-state index contributed by atoms with van der Waals surface area (Å²) in [4.78, 5) is 16.6. The Balaban J connectivity index is 1.72. The predicted octanol–water partition coefficient (Wildman–Crippen LogP) is 1.85. The molecule has 1 atom stereocenters. The largest absolute Gasteiger partial charge is 0.346 e. The molecule has 0 aromatic carbocycles. The van der Waals surface area contributed by atoms with Crippen LogP contribution in [0, 0.1) is 12.8 Å². The van der Waals surface area contributed by atoms with Crippen molar-refractivity contribution in [2.24, 2.45) is 5.92 Å². The van der Waals surface area contributed by atoms with E-state index in [4.69, 9.17) is 0 Å². The fraction of sp³-hybridized carbons (Fsp3) is 0.400. The number of hydrogen-bond acceptors (Lipinski definition) is 3. The maximum Gasteiger partial charge on any atom is 0.242 e. The molecule has 0 aliphatic heterocycles. The Labute approximate surface area is 118 Å². The standard InChI is InChI=1S/C15H18N4O/c1-11-4-2-7-16-14(11)15(12-5-6-12)18-13(20)10-19-9-3-8-17-19/h2-4,7-9,12,15H,5-6,10H2,1H3,(H,18,20)/t15-/m1/s1. The number of carbonyl (C=O) groups is 1. The maximum absolute atomic E-state index is 12.1. The molecule has 0 radical (unpaired) electrons. The normalized spacial score (nSPS) is 15.8. The molecule has 2 heterocycles. The smallest absolute Gasteiger partial charge is 0.242 e. The van der Waals surface area contributed by atoms with Crippen LogP contribution in [0.25, 0.3) is 0 Å². The van der Waals surface area contributed by atoms with Crippen molar-refractivity contribution in [2.45, 2.75) is 32.4 Å². The van der Waals surface area contributed by atoms with Crippen molar-refractivity contribution in [1.29, 1.82) is 0 Å². The van der Waals surface area contributed by atoms with Crippen LogP contribution in [0.1, 0.15) is 30.1 Å². The lowest BCUT2D eigenvalue weighted by Gasteiger charge is -2.19. The van der Waals surface area contributed by atoms with E-state index < -0.39 is 0 Å². The summed E-state index contributed by atoms with van der Waals surface area (Å²) < 4.78 is 1.63. The maximum atomic E-state index is 12.1. The third-order valence-corrected chi connectivity index (χ3v) is 3.62. The van der Waals surface area contributed by atoms with Crippen LogP contribution in [0.3, 0.4) is 0 Å². The molecule has 2 aromatic heterocycles. The van der Waals surface area contributed by atoms with Crippen LogP contribution >= 0.6 is 0 Å². The molecule has 0 saturated heterocycles. The van der Waals surface area contributed by atoms with Gasteiger partial charge in [-0.3, -0.25) is 14.5 Å². The number of amides is 1. The molecule has 0 unspecified atom stereocenters. The number of aryl methyl sites for hydroxylation is 1. The molecule has 1 aliphatic carbocycles. The highest BCUT2D eigenvalue weighted by Crippen LogP contribution is 2.41. The molecule has 20 heavy (non-hydrogen) atoms. The molecule has 5 nitrogen and oxygen atoms in total. The molecule has 0 spiro atoms. The third kappa shape index (κ3) is 2.87. The van der Waals surface area contributed by atoms with Crippen LogP contribution in [0.15, 0.2) is 36.8 Å². The van der Waals surface area contributed by atoms with Gasteiger partial charge in [0.15, 0.2) is 0 Å². The lowest BCUT2D eigenvalue weighted by Crippen LogP contribution is -2.33. The van der Waals surface area contributed by atoms with E-state index >= 15 is 0 Å². The van der Waals surface area contributed by atoms with Gasteiger partial charge in [-0.2, -0.15) is 5.10 Å². The van der Waals surface area contributed by atoms with E-state index in [1.54, 1.807) is 23.3 Å². The van der Waals surface area contributed by atoms with Gasteiger partial charge < -0.3 is 5.32 Å². The van der Waals surface area contributed by atoms with Crippen LogP contribution in [0.2, 0.25) is 0 Å². The quantitative estimate of drug-likeness (QED) is 0.902. The van der Waals surface area contributed by atoms with Gasteiger partial charge in [-0.1, -0.05) is 6.07 Å². The third-order valence-electron chi connectivity index (χ3n) is 3.62. The monoisotopic (exact) mass is 270 g/mol. The molecule has 1 amide bonds. The summed E-state index contributed by atoms with van der Waals surface area (Å²) in [5.74, 6) is 0.501. The van der Waals surface area contributed by atoms with Crippen LogP contribution in [-0.4, -0.2) is 20.7 Å². The van der Waals surface area contributed by atoms with Crippen molar-refractivity contribution in [2.75, 3.05) is 0 Å². The summed E-state index contributed by atoms with van der Waals surface area (Å²) in [5, 5.41) is 7.17. The van der Waals surface area contributed by atoms with E-state index in [-0.39, 0.29) is 18.5 Å². The summed E-state index contributed by atoms with van der Waals surface area (Å²) in [7, 11) is 0. The average molecular weight is 270 g/mol. The molecule has 2 aromatic rings. The molecular formula is C15H18N4O. The minimum Gasteiger partial charge on any atom is -0.346 e. The molecule has 0 bridgehead atoms. The van der Waals surface area contributed by atoms with Crippen molar-refractivity contribution in [1.82, 2.24) is 20.1 Å². The van der Waals surface area contributed by atoms with E-state index in [0.717, 1.165) is 24.1 Å². The van der Waals surface area contributed by atoms with E-state index in [1.165, 1.54) is 0 Å². The second kappa shape index (κ2) is 5.45. The SMILES string of the molecule is Cc1cccnc1[C@H](NC(=O)Cn1cccn1)C1CC1. The lowest BCUT2D eigenvalue weighted by atomic mass is 10.0. The molecule has 5 heteroatoms. The summed E-state index contributed by atoms with van der Waals surface area (Å²) in [5.41, 5.74) is 2.12. The first-order valence-corrected chi connectivity index (χ1v) is 6.92. The first-order valence-electron chi connectivity index (χ1n) is 6.92. The Morgan fingerprint density at radius 1 is 1.45 bits per heavy atom. The zero-order valence-corrected chi connectivity index (χ0v) is 11.5. The van der Waals surface area contributed by atoms with Crippen molar-refractivity contribution >= 4 is 5.91 Å². The minimum atomic E-state index is -0.0179. The van der Waals surface area contributed by atoms with Crippen LogP contribution in [0.5, 0.6) is 0 Å². The molecular weight excluding hydrogens is 252 g/mol. The molecule has 1 aliphatic rings. The van der Waals surface area contributed by atoms with E-state index in [1.807, 2.05) is 25.1 Å². The van der Waals surface area contributed by atoms with Crippen molar-refractivity contribution in [3.8, 4) is 0 Å². The average Bonchev–Trinajstić information content (AvgIpc) is 3.15. The topological polar surface area (TPSA) is 59.8 Å². The highest BCUT2D eigenvalue weighted by atomic mass is 16.2. The summed E-state index contributed by atoms with van der Waals surface area (Å²) in [6, 6.07) is 5.81. The van der Waals surface area contributed by atoms with Crippen LogP contribution in [0.4, 0.5) is 0 Å². The fourth-order valence-electron chi connectivity index (χ4n) is 2.42. The highest BCUT2D eigenvalue weighted by Gasteiger charge is 2.35. The molecule has 1 fully saturated rings. The molecule has 104 valence electrons. The van der Waals surface area contributed by atoms with Gasteiger partial charge in [-0.25, -0.2) is 0 Å². The van der Waals surface area contributed by atoms with Gasteiger partial charge in [0.25, 0.3) is 0 Å². The van der Waals surface area contributed by atoms with Gasteiger partial charge in [0.1, 0.15) is 6.54 Å². The number of pyridine rings is 1. The zero-order chi connectivity index (χ0) is 13.9. The summed E-state index contributed by atoms with van der Waals surface area (Å²) in [6.45, 7) is 2.29. The zero-order valence-electron chi connectivity index (χ0n) is 11.5. The van der Waals surface area contributed by atoms with Crippen molar-refractivity contribution < 1.29 is 4.79 Å². The highest BCUT2D eigenvalue weighted by molar-refractivity contribution is 5.76. The van der Waals surface area contributed by atoms with E-state index in [2.05, 4.69) is 15.4 Å². The van der Waals surface area contributed by atoms with Crippen LogP contribution < -0.4 is 5.32 Å². The number of carbonyl (C=O) groups excluding carboxylic acids is 1. The second-order valence-corrected chi connectivity index (χ2v) is 5.29. The Hall–Kier alpha value is -2.17. The van der Waals surface area contributed by atoms with Gasteiger partial charge in [-0.15, -0.1) is 0 Å². The minimum absolute atomic E-state index is 0.0179. The van der Waals surface area contributed by atoms with Crippen molar-refractivity contribution in [3.05, 3.63) is 48.0 Å². The van der Waals surface area contributed by atoms with Crippen molar-refractivity contribution in [3.63, 3.8) is 0 Å². The summed E-state index contributed by atoms with van der Waals surface area (Å²) in [6.07, 6.45) is 7.56. The first-order chi connectivity index (χ1) is 9.74. The van der Waals surface area contributed by atoms with Gasteiger partial charge >= 0.3 is 0 Å². The van der Waals surface area contributed by atoms with Gasteiger partial charge in [0, 0.05) is 18.6 Å². The number of aromatic nitrogens is 3. The first kappa shape index (κ1) is 12.8. The second-order valence-electron chi connectivity index (χ2n) is 5.29. The fourth-order valence-corrected chi connectivity index (χ4v) is 2.42. The molecule has 1 N–H and O–H groups in total.